The second kappa shape index (κ2) is 9.45. The summed E-state index contributed by atoms with van der Waals surface area (Å²) in [6.45, 7) is 1.29. The lowest BCUT2D eigenvalue weighted by Crippen LogP contribution is -2.14. The average Bonchev–Trinajstić information content (AvgIpc) is 3.02. The normalized spacial score (nSPS) is 10.5. The molecule has 1 aromatic heterocycles. The number of carbonyl (C=O) groups is 1. The van der Waals surface area contributed by atoms with E-state index in [2.05, 4.69) is 20.8 Å². The lowest BCUT2D eigenvalue weighted by atomic mass is 10.2. The van der Waals surface area contributed by atoms with Gasteiger partial charge in [0.05, 0.1) is 12.4 Å². The zero-order valence-corrected chi connectivity index (χ0v) is 15.5. The minimum atomic E-state index is -0.0679. The third-order valence-electron chi connectivity index (χ3n) is 2.98. The third kappa shape index (κ3) is 5.99. The highest BCUT2D eigenvalue weighted by molar-refractivity contribution is 8.01. The van der Waals surface area contributed by atoms with Crippen LogP contribution in [0.3, 0.4) is 0 Å². The minimum Gasteiger partial charge on any atom is -0.383 e. The van der Waals surface area contributed by atoms with Crippen LogP contribution < -0.4 is 15.5 Å². The summed E-state index contributed by atoms with van der Waals surface area (Å²) in [5.41, 5.74) is 1.87. The van der Waals surface area contributed by atoms with Gasteiger partial charge in [-0.25, -0.2) is 0 Å². The number of amides is 1. The van der Waals surface area contributed by atoms with Crippen LogP contribution in [0.1, 0.15) is 0 Å². The quantitative estimate of drug-likeness (QED) is 0.520. The summed E-state index contributed by atoms with van der Waals surface area (Å²) in [6.07, 6.45) is 0. The number of thioether (sulfide) groups is 1. The van der Waals surface area contributed by atoms with Gasteiger partial charge in [0.15, 0.2) is 4.34 Å². The van der Waals surface area contributed by atoms with E-state index in [0.29, 0.717) is 18.9 Å². The Bertz CT molecular complexity index is 646. The Hall–Kier alpha value is -1.84. The summed E-state index contributed by atoms with van der Waals surface area (Å²) < 4.78 is 5.72. The molecule has 0 aliphatic carbocycles. The largest absolute Gasteiger partial charge is 0.383 e. The molecule has 1 heterocycles. The summed E-state index contributed by atoms with van der Waals surface area (Å²) in [6, 6.07) is 7.71. The number of carbonyl (C=O) groups excluding carboxylic acids is 1. The van der Waals surface area contributed by atoms with E-state index in [1.165, 1.54) is 23.1 Å². The number of aromatic nitrogens is 2. The van der Waals surface area contributed by atoms with E-state index in [-0.39, 0.29) is 5.91 Å². The smallest absolute Gasteiger partial charge is 0.234 e. The van der Waals surface area contributed by atoms with Crippen molar-refractivity contribution in [2.45, 2.75) is 4.34 Å². The Morgan fingerprint density at radius 3 is 2.71 bits per heavy atom. The van der Waals surface area contributed by atoms with E-state index in [1.807, 2.05) is 43.3 Å². The molecule has 9 heteroatoms. The van der Waals surface area contributed by atoms with Crippen molar-refractivity contribution in [2.75, 3.05) is 55.6 Å². The Kier molecular flexibility index (Phi) is 7.29. The van der Waals surface area contributed by atoms with Crippen LogP contribution in [0.2, 0.25) is 0 Å². The number of anilines is 3. The van der Waals surface area contributed by atoms with Gasteiger partial charge in [-0.05, 0) is 24.3 Å². The molecule has 0 unspecified atom stereocenters. The fourth-order valence-electron chi connectivity index (χ4n) is 1.77. The molecule has 2 N–H and O–H groups in total. The zero-order chi connectivity index (χ0) is 17.4. The lowest BCUT2D eigenvalue weighted by Gasteiger charge is -2.12. The predicted molar refractivity (Wildman–Crippen MR) is 100 cm³/mol. The van der Waals surface area contributed by atoms with E-state index in [1.54, 1.807) is 7.11 Å². The van der Waals surface area contributed by atoms with Crippen LogP contribution >= 0.6 is 23.1 Å². The van der Waals surface area contributed by atoms with E-state index >= 15 is 0 Å². The van der Waals surface area contributed by atoms with E-state index in [9.17, 15) is 4.79 Å². The van der Waals surface area contributed by atoms with Crippen molar-refractivity contribution in [3.05, 3.63) is 24.3 Å². The molecule has 2 aromatic rings. The SMILES string of the molecule is COCCNc1nnc(SCC(=O)Nc2ccc(N(C)C)cc2)s1. The summed E-state index contributed by atoms with van der Waals surface area (Å²) in [7, 11) is 5.60. The maximum absolute atomic E-state index is 12.0. The standard InChI is InChI=1S/C15H21N5O2S2/c1-20(2)12-6-4-11(5-7-12)17-13(21)10-23-15-19-18-14(24-15)16-8-9-22-3/h4-7H,8-10H2,1-3H3,(H,16,18)(H,17,21). The molecule has 0 fully saturated rings. The second-order valence-electron chi connectivity index (χ2n) is 5.07. The van der Waals surface area contributed by atoms with Crippen molar-refractivity contribution in [1.82, 2.24) is 10.2 Å². The highest BCUT2D eigenvalue weighted by Gasteiger charge is 2.08. The van der Waals surface area contributed by atoms with E-state index in [4.69, 9.17) is 4.74 Å². The Balaban J connectivity index is 1.76. The summed E-state index contributed by atoms with van der Waals surface area (Å²) in [5, 5.41) is 14.8. The molecule has 24 heavy (non-hydrogen) atoms. The van der Waals surface area contributed by atoms with Crippen LogP contribution in [-0.2, 0) is 9.53 Å². The molecule has 0 bridgehead atoms. The number of benzene rings is 1. The number of methoxy groups -OCH3 is 1. The van der Waals surface area contributed by atoms with Crippen molar-refractivity contribution in [3.8, 4) is 0 Å². The molecule has 0 spiro atoms. The van der Waals surface area contributed by atoms with Gasteiger partial charge in [-0.15, -0.1) is 10.2 Å². The molecular weight excluding hydrogens is 346 g/mol. The van der Waals surface area contributed by atoms with Crippen LogP contribution in [0, 0.1) is 0 Å². The maximum atomic E-state index is 12.0. The van der Waals surface area contributed by atoms with Gasteiger partial charge in [-0.2, -0.15) is 0 Å². The van der Waals surface area contributed by atoms with Crippen LogP contribution in [0.15, 0.2) is 28.6 Å². The number of ether oxygens (including phenoxy) is 1. The minimum absolute atomic E-state index is 0.0679. The number of hydrogen-bond acceptors (Lipinski definition) is 8. The maximum Gasteiger partial charge on any atom is 0.234 e. The topological polar surface area (TPSA) is 79.4 Å². The van der Waals surface area contributed by atoms with Crippen molar-refractivity contribution in [1.29, 1.82) is 0 Å². The van der Waals surface area contributed by atoms with Crippen LogP contribution in [0.4, 0.5) is 16.5 Å². The molecule has 0 aliphatic rings. The highest BCUT2D eigenvalue weighted by Crippen LogP contribution is 2.25. The zero-order valence-electron chi connectivity index (χ0n) is 13.9. The van der Waals surface area contributed by atoms with Crippen molar-refractivity contribution < 1.29 is 9.53 Å². The van der Waals surface area contributed by atoms with Gasteiger partial charge < -0.3 is 20.3 Å². The van der Waals surface area contributed by atoms with E-state index in [0.717, 1.165) is 20.8 Å². The number of rotatable bonds is 9. The van der Waals surface area contributed by atoms with Gasteiger partial charge in [0.1, 0.15) is 0 Å². The van der Waals surface area contributed by atoms with Crippen LogP contribution in [0.5, 0.6) is 0 Å². The third-order valence-corrected chi connectivity index (χ3v) is 5.00. The van der Waals surface area contributed by atoms with Gasteiger partial charge in [-0.3, -0.25) is 4.79 Å². The van der Waals surface area contributed by atoms with Crippen molar-refractivity contribution in [3.63, 3.8) is 0 Å². The molecule has 0 saturated heterocycles. The average molecular weight is 368 g/mol. The molecular formula is C15H21N5O2S2. The molecule has 0 radical (unpaired) electrons. The van der Waals surface area contributed by atoms with Gasteiger partial charge in [-0.1, -0.05) is 23.1 Å². The second-order valence-corrected chi connectivity index (χ2v) is 7.27. The predicted octanol–water partition coefficient (Wildman–Crippen LogP) is 2.39. The fraction of sp³-hybridized carbons (Fsp3) is 0.400. The first-order valence-electron chi connectivity index (χ1n) is 7.35. The fourth-order valence-corrected chi connectivity index (χ4v) is 3.34. The Labute approximate surface area is 149 Å². The number of nitrogens with one attached hydrogen (secondary N) is 2. The van der Waals surface area contributed by atoms with Gasteiger partial charge >= 0.3 is 0 Å². The van der Waals surface area contributed by atoms with Crippen molar-refractivity contribution in [2.24, 2.45) is 0 Å². The molecule has 1 aromatic carbocycles. The first-order valence-corrected chi connectivity index (χ1v) is 9.15. The number of hydrogen-bond donors (Lipinski definition) is 2. The molecule has 7 nitrogen and oxygen atoms in total. The summed E-state index contributed by atoms with van der Waals surface area (Å²) in [4.78, 5) is 14.0. The first-order chi connectivity index (χ1) is 11.6. The summed E-state index contributed by atoms with van der Waals surface area (Å²) in [5.74, 6) is 0.226. The number of nitrogens with zero attached hydrogens (tertiary/aromatic N) is 3. The summed E-state index contributed by atoms with van der Waals surface area (Å²) >= 11 is 2.79. The van der Waals surface area contributed by atoms with Gasteiger partial charge in [0, 0.05) is 39.1 Å². The highest BCUT2D eigenvalue weighted by atomic mass is 32.2. The van der Waals surface area contributed by atoms with Crippen molar-refractivity contribution >= 4 is 45.5 Å². The molecule has 0 aliphatic heterocycles. The Morgan fingerprint density at radius 1 is 1.29 bits per heavy atom. The Morgan fingerprint density at radius 2 is 2.04 bits per heavy atom. The van der Waals surface area contributed by atoms with Gasteiger partial charge in [0.25, 0.3) is 0 Å². The van der Waals surface area contributed by atoms with Gasteiger partial charge in [0.2, 0.25) is 11.0 Å². The molecule has 0 atom stereocenters. The monoisotopic (exact) mass is 367 g/mol. The van der Waals surface area contributed by atoms with Crippen LogP contribution in [-0.4, -0.2) is 56.2 Å². The lowest BCUT2D eigenvalue weighted by molar-refractivity contribution is -0.113. The first kappa shape index (κ1) is 18.5. The molecule has 1 amide bonds. The van der Waals surface area contributed by atoms with Crippen LogP contribution in [0.25, 0.3) is 0 Å². The molecule has 2 rings (SSSR count). The van der Waals surface area contributed by atoms with E-state index < -0.39 is 0 Å². The molecule has 130 valence electrons. The molecule has 0 saturated carbocycles.